The van der Waals surface area contributed by atoms with Gasteiger partial charge in [-0.05, 0) is 25.7 Å². The van der Waals surface area contributed by atoms with E-state index in [2.05, 4.69) is 25.1 Å². The van der Waals surface area contributed by atoms with Crippen LogP contribution in [0.5, 0.6) is 0 Å². The molecule has 0 spiro atoms. The summed E-state index contributed by atoms with van der Waals surface area (Å²) in [4.78, 5) is 13.5. The number of nitrogens with one attached hydrogen (secondary N) is 1. The van der Waals surface area contributed by atoms with Crippen LogP contribution in [-0.2, 0) is 0 Å². The summed E-state index contributed by atoms with van der Waals surface area (Å²) in [6.07, 6.45) is 7.38. The molecule has 1 aliphatic heterocycles. The van der Waals surface area contributed by atoms with Crippen molar-refractivity contribution in [2.75, 3.05) is 13.1 Å². The number of hydrogen-bond acceptors (Lipinski definition) is 1. The molecule has 14 heavy (non-hydrogen) atoms. The minimum atomic E-state index is -0.0259. The molecule has 0 radical (unpaired) electrons. The zero-order valence-electron chi connectivity index (χ0n) is 8.92. The van der Waals surface area contributed by atoms with Crippen molar-refractivity contribution in [1.29, 1.82) is 0 Å². The van der Waals surface area contributed by atoms with Gasteiger partial charge >= 0.3 is 6.03 Å². The zero-order chi connectivity index (χ0) is 10.6. The topological polar surface area (TPSA) is 32.3 Å². The summed E-state index contributed by atoms with van der Waals surface area (Å²) >= 11 is 0. The van der Waals surface area contributed by atoms with Gasteiger partial charge in [-0.2, -0.15) is 0 Å². The van der Waals surface area contributed by atoms with E-state index in [9.17, 15) is 4.79 Å². The lowest BCUT2D eigenvalue weighted by Gasteiger charge is -2.36. The standard InChI is InChI=1S/C11H18N2O/c1-4-7-12-11(14)13-8-9(2)5-6-10(13)3/h1,9-10H,5-8H2,2-3H3,(H,12,14)/t9-,10-/m1/s1. The Morgan fingerprint density at radius 3 is 2.93 bits per heavy atom. The predicted molar refractivity (Wildman–Crippen MR) is 56.8 cm³/mol. The Kier molecular flexibility index (Phi) is 3.82. The summed E-state index contributed by atoms with van der Waals surface area (Å²) < 4.78 is 0. The summed E-state index contributed by atoms with van der Waals surface area (Å²) in [6, 6.07) is 0.311. The Labute approximate surface area is 85.9 Å². The van der Waals surface area contributed by atoms with E-state index < -0.39 is 0 Å². The molecule has 0 saturated carbocycles. The third-order valence-electron chi connectivity index (χ3n) is 2.72. The molecule has 3 heteroatoms. The molecule has 3 nitrogen and oxygen atoms in total. The van der Waals surface area contributed by atoms with E-state index >= 15 is 0 Å². The fourth-order valence-corrected chi connectivity index (χ4v) is 1.80. The van der Waals surface area contributed by atoms with Crippen LogP contribution >= 0.6 is 0 Å². The summed E-state index contributed by atoms with van der Waals surface area (Å²) in [5, 5.41) is 2.70. The van der Waals surface area contributed by atoms with Gasteiger partial charge in [0.25, 0.3) is 0 Å². The van der Waals surface area contributed by atoms with Gasteiger partial charge < -0.3 is 10.2 Å². The second-order valence-corrected chi connectivity index (χ2v) is 4.05. The number of urea groups is 1. The molecular weight excluding hydrogens is 176 g/mol. The number of amides is 2. The van der Waals surface area contributed by atoms with Crippen LogP contribution in [0.15, 0.2) is 0 Å². The number of piperidine rings is 1. The highest BCUT2D eigenvalue weighted by Gasteiger charge is 2.26. The van der Waals surface area contributed by atoms with Gasteiger partial charge in [-0.3, -0.25) is 0 Å². The summed E-state index contributed by atoms with van der Waals surface area (Å²) in [7, 11) is 0. The summed E-state index contributed by atoms with van der Waals surface area (Å²) in [5.41, 5.74) is 0. The molecular formula is C11H18N2O. The van der Waals surface area contributed by atoms with Crippen LogP contribution in [0.2, 0.25) is 0 Å². The van der Waals surface area contributed by atoms with E-state index in [4.69, 9.17) is 6.42 Å². The molecule has 0 aromatic heterocycles. The van der Waals surface area contributed by atoms with E-state index in [1.54, 1.807) is 0 Å². The highest BCUT2D eigenvalue weighted by atomic mass is 16.2. The Bertz CT molecular complexity index is 244. The Morgan fingerprint density at radius 2 is 2.29 bits per heavy atom. The minimum Gasteiger partial charge on any atom is -0.327 e. The molecule has 1 saturated heterocycles. The molecule has 2 amide bonds. The first-order chi connectivity index (χ1) is 6.65. The van der Waals surface area contributed by atoms with E-state index in [0.29, 0.717) is 18.5 Å². The number of hydrogen-bond donors (Lipinski definition) is 1. The van der Waals surface area contributed by atoms with Crippen molar-refractivity contribution >= 4 is 6.03 Å². The Balaban J connectivity index is 2.48. The minimum absolute atomic E-state index is 0.0259. The van der Waals surface area contributed by atoms with Gasteiger partial charge in [0.2, 0.25) is 0 Å². The Morgan fingerprint density at radius 1 is 1.57 bits per heavy atom. The molecule has 0 aromatic carbocycles. The lowest BCUT2D eigenvalue weighted by molar-refractivity contribution is 0.137. The monoisotopic (exact) mass is 194 g/mol. The van der Waals surface area contributed by atoms with Crippen LogP contribution in [0.1, 0.15) is 26.7 Å². The number of nitrogens with zero attached hydrogens (tertiary/aromatic N) is 1. The first-order valence-electron chi connectivity index (χ1n) is 5.13. The van der Waals surface area contributed by atoms with Crippen LogP contribution in [-0.4, -0.2) is 30.1 Å². The van der Waals surface area contributed by atoms with Gasteiger partial charge in [-0.25, -0.2) is 4.79 Å². The second kappa shape index (κ2) is 4.90. The predicted octanol–water partition coefficient (Wildman–Crippen LogP) is 1.45. The zero-order valence-corrected chi connectivity index (χ0v) is 8.92. The highest BCUT2D eigenvalue weighted by molar-refractivity contribution is 5.74. The lowest BCUT2D eigenvalue weighted by Crippen LogP contribution is -2.49. The van der Waals surface area contributed by atoms with Gasteiger partial charge in [0.05, 0.1) is 6.54 Å². The molecule has 0 bridgehead atoms. The summed E-state index contributed by atoms with van der Waals surface area (Å²) in [6.45, 7) is 5.42. The van der Waals surface area contributed by atoms with Crippen LogP contribution in [0.4, 0.5) is 4.79 Å². The second-order valence-electron chi connectivity index (χ2n) is 4.05. The van der Waals surface area contributed by atoms with Crippen LogP contribution < -0.4 is 5.32 Å². The number of likely N-dealkylation sites (tertiary alicyclic amines) is 1. The molecule has 0 unspecified atom stereocenters. The van der Waals surface area contributed by atoms with Crippen molar-refractivity contribution in [2.45, 2.75) is 32.7 Å². The van der Waals surface area contributed by atoms with E-state index in [1.165, 1.54) is 6.42 Å². The molecule has 2 atom stereocenters. The summed E-state index contributed by atoms with van der Waals surface area (Å²) in [5.74, 6) is 3.00. The van der Waals surface area contributed by atoms with Gasteiger partial charge in [0, 0.05) is 12.6 Å². The Hall–Kier alpha value is -1.17. The maximum Gasteiger partial charge on any atom is 0.318 e. The molecule has 1 heterocycles. The largest absolute Gasteiger partial charge is 0.327 e. The smallest absolute Gasteiger partial charge is 0.318 e. The van der Waals surface area contributed by atoms with E-state index in [1.807, 2.05) is 4.90 Å². The first kappa shape index (κ1) is 10.9. The average molecular weight is 194 g/mol. The molecule has 0 aliphatic carbocycles. The first-order valence-corrected chi connectivity index (χ1v) is 5.13. The van der Waals surface area contributed by atoms with E-state index in [0.717, 1.165) is 13.0 Å². The van der Waals surface area contributed by atoms with Gasteiger partial charge in [0.15, 0.2) is 0 Å². The van der Waals surface area contributed by atoms with Crippen molar-refractivity contribution in [1.82, 2.24) is 10.2 Å². The fourth-order valence-electron chi connectivity index (χ4n) is 1.80. The van der Waals surface area contributed by atoms with Crippen LogP contribution in [0.25, 0.3) is 0 Å². The number of rotatable bonds is 1. The maximum absolute atomic E-state index is 11.6. The molecule has 1 fully saturated rings. The third-order valence-corrected chi connectivity index (χ3v) is 2.72. The molecule has 78 valence electrons. The third kappa shape index (κ3) is 2.66. The number of carbonyl (C=O) groups excluding carboxylic acids is 1. The maximum atomic E-state index is 11.6. The highest BCUT2D eigenvalue weighted by Crippen LogP contribution is 2.20. The van der Waals surface area contributed by atoms with Crippen molar-refractivity contribution in [3.8, 4) is 12.3 Å². The normalized spacial score (nSPS) is 26.8. The molecule has 0 aromatic rings. The van der Waals surface area contributed by atoms with Gasteiger partial charge in [-0.15, -0.1) is 6.42 Å². The van der Waals surface area contributed by atoms with Crippen molar-refractivity contribution in [2.24, 2.45) is 5.92 Å². The van der Waals surface area contributed by atoms with Gasteiger partial charge in [-0.1, -0.05) is 12.8 Å². The quantitative estimate of drug-likeness (QED) is 0.630. The number of carbonyl (C=O) groups is 1. The molecule has 1 aliphatic rings. The van der Waals surface area contributed by atoms with Crippen molar-refractivity contribution < 1.29 is 4.79 Å². The SMILES string of the molecule is C#CCNC(=O)N1C[C@H](C)CC[C@H]1C. The fraction of sp³-hybridized carbons (Fsp3) is 0.727. The lowest BCUT2D eigenvalue weighted by atomic mass is 9.95. The molecule has 1 N–H and O–H groups in total. The van der Waals surface area contributed by atoms with E-state index in [-0.39, 0.29) is 6.03 Å². The van der Waals surface area contributed by atoms with Crippen LogP contribution in [0.3, 0.4) is 0 Å². The van der Waals surface area contributed by atoms with Crippen molar-refractivity contribution in [3.05, 3.63) is 0 Å². The van der Waals surface area contributed by atoms with Gasteiger partial charge in [0.1, 0.15) is 0 Å². The van der Waals surface area contributed by atoms with Crippen molar-refractivity contribution in [3.63, 3.8) is 0 Å². The average Bonchev–Trinajstić information content (AvgIpc) is 2.18. The molecule has 1 rings (SSSR count). The van der Waals surface area contributed by atoms with Crippen LogP contribution in [0, 0.1) is 18.3 Å². The number of terminal acetylenes is 1.